The normalized spacial score (nSPS) is 20.7. The monoisotopic (exact) mass is 207 g/mol. The van der Waals surface area contributed by atoms with Crippen molar-refractivity contribution in [1.29, 1.82) is 0 Å². The average Bonchev–Trinajstić information content (AvgIpc) is 2.65. The van der Waals surface area contributed by atoms with Crippen LogP contribution in [0.4, 0.5) is 5.69 Å². The fraction of sp³-hybridized carbons (Fsp3) is 0.545. The summed E-state index contributed by atoms with van der Waals surface area (Å²) >= 11 is 0. The maximum absolute atomic E-state index is 5.89. The van der Waals surface area contributed by atoms with Gasteiger partial charge in [-0.05, 0) is 19.4 Å². The van der Waals surface area contributed by atoms with E-state index in [0.717, 1.165) is 36.6 Å². The molecule has 1 unspecified atom stereocenters. The molecule has 2 rings (SSSR count). The fourth-order valence-electron chi connectivity index (χ4n) is 1.94. The molecule has 0 saturated carbocycles. The van der Waals surface area contributed by atoms with Crippen molar-refractivity contribution in [3.8, 4) is 5.75 Å². The van der Waals surface area contributed by atoms with Crippen molar-refractivity contribution in [1.82, 2.24) is 4.98 Å². The van der Waals surface area contributed by atoms with Gasteiger partial charge in [-0.3, -0.25) is 4.98 Å². The predicted molar refractivity (Wildman–Crippen MR) is 60.3 cm³/mol. The van der Waals surface area contributed by atoms with Crippen LogP contribution < -0.4 is 15.4 Å². The van der Waals surface area contributed by atoms with E-state index in [-0.39, 0.29) is 6.04 Å². The Morgan fingerprint density at radius 2 is 2.40 bits per heavy atom. The van der Waals surface area contributed by atoms with E-state index in [9.17, 15) is 0 Å². The lowest BCUT2D eigenvalue weighted by Crippen LogP contribution is -2.26. The zero-order chi connectivity index (χ0) is 10.8. The van der Waals surface area contributed by atoms with E-state index < -0.39 is 0 Å². The van der Waals surface area contributed by atoms with Gasteiger partial charge < -0.3 is 15.4 Å². The van der Waals surface area contributed by atoms with Crippen molar-refractivity contribution >= 4 is 5.69 Å². The lowest BCUT2D eigenvalue weighted by molar-refractivity contribution is 0.412. The molecule has 0 spiro atoms. The lowest BCUT2D eigenvalue weighted by atomic mass is 10.3. The summed E-state index contributed by atoms with van der Waals surface area (Å²) in [6, 6.07) is 2.33. The first-order valence-electron chi connectivity index (χ1n) is 5.22. The number of rotatable bonds is 2. The third-order valence-corrected chi connectivity index (χ3v) is 2.77. The van der Waals surface area contributed by atoms with Gasteiger partial charge in [0.15, 0.2) is 5.75 Å². The molecule has 82 valence electrons. The molecule has 0 bridgehead atoms. The standard InChI is InChI=1S/C11H17N3O/c1-8-5-10(11(15-2)6-13-8)14-4-3-9(12)7-14/h5-6,9H,3-4,7,12H2,1-2H3. The van der Waals surface area contributed by atoms with Crippen LogP contribution >= 0.6 is 0 Å². The fourth-order valence-corrected chi connectivity index (χ4v) is 1.94. The predicted octanol–water partition coefficient (Wildman–Crippen LogP) is 0.936. The zero-order valence-corrected chi connectivity index (χ0v) is 9.23. The Hall–Kier alpha value is -1.29. The Balaban J connectivity index is 2.29. The van der Waals surface area contributed by atoms with E-state index in [2.05, 4.69) is 16.0 Å². The first kappa shape index (κ1) is 10.2. The second-order valence-corrected chi connectivity index (χ2v) is 3.99. The molecule has 15 heavy (non-hydrogen) atoms. The van der Waals surface area contributed by atoms with Gasteiger partial charge in [-0.15, -0.1) is 0 Å². The van der Waals surface area contributed by atoms with Crippen LogP contribution in [-0.4, -0.2) is 31.2 Å². The van der Waals surface area contributed by atoms with Crippen molar-refractivity contribution in [2.24, 2.45) is 5.73 Å². The smallest absolute Gasteiger partial charge is 0.160 e. The summed E-state index contributed by atoms with van der Waals surface area (Å²) < 4.78 is 5.30. The second-order valence-electron chi connectivity index (χ2n) is 3.99. The number of pyridine rings is 1. The highest BCUT2D eigenvalue weighted by atomic mass is 16.5. The molecule has 2 N–H and O–H groups in total. The first-order chi connectivity index (χ1) is 7.20. The zero-order valence-electron chi connectivity index (χ0n) is 9.23. The molecule has 0 radical (unpaired) electrons. The molecular formula is C11H17N3O. The number of aromatic nitrogens is 1. The van der Waals surface area contributed by atoms with Crippen LogP contribution in [0.25, 0.3) is 0 Å². The minimum atomic E-state index is 0.281. The van der Waals surface area contributed by atoms with Crippen LogP contribution in [0.3, 0.4) is 0 Å². The summed E-state index contributed by atoms with van der Waals surface area (Å²) in [5.41, 5.74) is 8.01. The summed E-state index contributed by atoms with van der Waals surface area (Å²) in [4.78, 5) is 6.48. The Labute approximate surface area is 90.0 Å². The number of nitrogens with two attached hydrogens (primary N) is 1. The van der Waals surface area contributed by atoms with Crippen molar-refractivity contribution < 1.29 is 4.74 Å². The van der Waals surface area contributed by atoms with E-state index in [1.165, 1.54) is 0 Å². The SMILES string of the molecule is COc1cnc(C)cc1N1CCC(N)C1. The number of hydrogen-bond acceptors (Lipinski definition) is 4. The highest BCUT2D eigenvalue weighted by Crippen LogP contribution is 2.30. The highest BCUT2D eigenvalue weighted by Gasteiger charge is 2.22. The number of ether oxygens (including phenoxy) is 1. The largest absolute Gasteiger partial charge is 0.493 e. The number of aryl methyl sites for hydroxylation is 1. The molecule has 1 aliphatic heterocycles. The van der Waals surface area contributed by atoms with Crippen LogP contribution in [-0.2, 0) is 0 Å². The van der Waals surface area contributed by atoms with Crippen LogP contribution in [0, 0.1) is 6.92 Å². The van der Waals surface area contributed by atoms with Gasteiger partial charge in [0, 0.05) is 24.8 Å². The van der Waals surface area contributed by atoms with Gasteiger partial charge in [-0.25, -0.2) is 0 Å². The summed E-state index contributed by atoms with van der Waals surface area (Å²) in [7, 11) is 1.67. The maximum atomic E-state index is 5.89. The van der Waals surface area contributed by atoms with E-state index in [1.807, 2.05) is 6.92 Å². The molecule has 0 aromatic carbocycles. The number of anilines is 1. The van der Waals surface area contributed by atoms with Gasteiger partial charge in [0.25, 0.3) is 0 Å². The van der Waals surface area contributed by atoms with Crippen LogP contribution in [0.15, 0.2) is 12.3 Å². The second kappa shape index (κ2) is 4.06. The van der Waals surface area contributed by atoms with Crippen molar-refractivity contribution in [3.63, 3.8) is 0 Å². The molecule has 1 atom stereocenters. The van der Waals surface area contributed by atoms with Gasteiger partial charge in [-0.1, -0.05) is 0 Å². The van der Waals surface area contributed by atoms with Crippen LogP contribution in [0.2, 0.25) is 0 Å². The van der Waals surface area contributed by atoms with Crippen LogP contribution in [0.5, 0.6) is 5.75 Å². The Kier molecular flexibility index (Phi) is 2.77. The lowest BCUT2D eigenvalue weighted by Gasteiger charge is -2.20. The van der Waals surface area contributed by atoms with E-state index in [4.69, 9.17) is 10.5 Å². The molecule has 0 amide bonds. The molecule has 1 fully saturated rings. The molecule has 2 heterocycles. The topological polar surface area (TPSA) is 51.4 Å². The molecule has 1 saturated heterocycles. The Morgan fingerprint density at radius 3 is 3.00 bits per heavy atom. The summed E-state index contributed by atoms with van der Waals surface area (Å²) in [6.45, 7) is 3.89. The van der Waals surface area contributed by atoms with Gasteiger partial charge >= 0.3 is 0 Å². The summed E-state index contributed by atoms with van der Waals surface area (Å²) in [5.74, 6) is 0.828. The molecule has 4 nitrogen and oxygen atoms in total. The molecule has 1 aromatic heterocycles. The molecular weight excluding hydrogens is 190 g/mol. The maximum Gasteiger partial charge on any atom is 0.160 e. The number of methoxy groups -OCH3 is 1. The first-order valence-corrected chi connectivity index (χ1v) is 5.22. The van der Waals surface area contributed by atoms with Gasteiger partial charge in [0.2, 0.25) is 0 Å². The van der Waals surface area contributed by atoms with Crippen LogP contribution in [0.1, 0.15) is 12.1 Å². The molecule has 1 aromatic rings. The van der Waals surface area contributed by atoms with E-state index in [0.29, 0.717) is 0 Å². The van der Waals surface area contributed by atoms with Gasteiger partial charge in [-0.2, -0.15) is 0 Å². The summed E-state index contributed by atoms with van der Waals surface area (Å²) in [5, 5.41) is 0. The molecule has 0 aliphatic carbocycles. The number of hydrogen-bond donors (Lipinski definition) is 1. The van der Waals surface area contributed by atoms with Crippen molar-refractivity contribution in [2.45, 2.75) is 19.4 Å². The highest BCUT2D eigenvalue weighted by molar-refractivity contribution is 5.59. The Bertz CT molecular complexity index is 354. The van der Waals surface area contributed by atoms with Gasteiger partial charge in [0.05, 0.1) is 19.0 Å². The summed E-state index contributed by atoms with van der Waals surface area (Å²) in [6.07, 6.45) is 2.82. The van der Waals surface area contributed by atoms with Crippen molar-refractivity contribution in [2.75, 3.05) is 25.1 Å². The van der Waals surface area contributed by atoms with Gasteiger partial charge in [0.1, 0.15) is 0 Å². The quantitative estimate of drug-likeness (QED) is 0.784. The third kappa shape index (κ3) is 2.04. The minimum Gasteiger partial charge on any atom is -0.493 e. The molecule has 1 aliphatic rings. The van der Waals surface area contributed by atoms with Crippen molar-refractivity contribution in [3.05, 3.63) is 18.0 Å². The number of nitrogens with zero attached hydrogens (tertiary/aromatic N) is 2. The van der Waals surface area contributed by atoms with E-state index in [1.54, 1.807) is 13.3 Å². The minimum absolute atomic E-state index is 0.281. The van der Waals surface area contributed by atoms with E-state index >= 15 is 0 Å². The third-order valence-electron chi connectivity index (χ3n) is 2.77. The molecule has 4 heteroatoms. The Morgan fingerprint density at radius 1 is 1.60 bits per heavy atom. The average molecular weight is 207 g/mol.